The molecule has 0 aliphatic carbocycles. The predicted molar refractivity (Wildman–Crippen MR) is 153 cm³/mol. The van der Waals surface area contributed by atoms with Crippen molar-refractivity contribution in [2.45, 2.75) is 38.9 Å². The molecule has 2 saturated heterocycles. The fraction of sp³-hybridized carbons (Fsp3) is 0.414. The van der Waals surface area contributed by atoms with Gasteiger partial charge in [0, 0.05) is 49.5 Å². The van der Waals surface area contributed by atoms with Crippen molar-refractivity contribution in [1.29, 1.82) is 0 Å². The number of carbonyl (C=O) groups excluding carboxylic acids is 1. The maximum Gasteiger partial charge on any atom is 0.244 e. The molecule has 1 amide bonds. The second-order valence-electron chi connectivity index (χ2n) is 9.95. The summed E-state index contributed by atoms with van der Waals surface area (Å²) in [6.45, 7) is 10.2. The number of anilines is 1. The molecule has 2 atom stereocenters. The number of benzene rings is 1. The topological polar surface area (TPSA) is 74.7 Å². The molecule has 38 heavy (non-hydrogen) atoms. The van der Waals surface area contributed by atoms with Gasteiger partial charge >= 0.3 is 0 Å². The van der Waals surface area contributed by atoms with Gasteiger partial charge in [0.25, 0.3) is 0 Å². The molecule has 200 valence electrons. The number of ether oxygens (including phenoxy) is 1. The lowest BCUT2D eigenvalue weighted by Crippen LogP contribution is -2.37. The Morgan fingerprint density at radius 2 is 1.87 bits per heavy atom. The van der Waals surface area contributed by atoms with E-state index in [0.29, 0.717) is 5.11 Å². The average molecular weight is 533 g/mol. The van der Waals surface area contributed by atoms with Gasteiger partial charge in [-0.2, -0.15) is 0 Å². The van der Waals surface area contributed by atoms with Crippen molar-refractivity contribution in [2.24, 2.45) is 0 Å². The van der Waals surface area contributed by atoms with Crippen molar-refractivity contribution in [3.05, 3.63) is 83.4 Å². The van der Waals surface area contributed by atoms with Crippen molar-refractivity contribution in [2.75, 3.05) is 44.7 Å². The molecule has 2 N–H and O–H groups in total. The molecule has 2 aliphatic rings. The van der Waals surface area contributed by atoms with Gasteiger partial charge in [-0.15, -0.1) is 0 Å². The number of hydrogen-bond acceptors (Lipinski definition) is 5. The normalized spacial score (nSPS) is 19.9. The number of thiocarbonyl (C=S) groups is 1. The number of pyridine rings is 1. The third kappa shape index (κ3) is 5.90. The number of amides is 1. The average Bonchev–Trinajstić information content (AvgIpc) is 3.40. The zero-order valence-corrected chi connectivity index (χ0v) is 22.9. The van der Waals surface area contributed by atoms with Gasteiger partial charge in [0.05, 0.1) is 31.0 Å². The highest BCUT2D eigenvalue weighted by molar-refractivity contribution is 7.80. The van der Waals surface area contributed by atoms with E-state index < -0.39 is 0 Å². The molecule has 2 unspecified atom stereocenters. The second-order valence-corrected chi connectivity index (χ2v) is 10.3. The summed E-state index contributed by atoms with van der Waals surface area (Å²) < 4.78 is 7.88. The highest BCUT2D eigenvalue weighted by Crippen LogP contribution is 2.40. The minimum Gasteiger partial charge on any atom is -0.379 e. The van der Waals surface area contributed by atoms with Crippen molar-refractivity contribution >= 4 is 28.9 Å². The highest BCUT2D eigenvalue weighted by atomic mass is 32.1. The Bertz CT molecular complexity index is 1240. The van der Waals surface area contributed by atoms with E-state index in [2.05, 4.69) is 45.0 Å². The van der Waals surface area contributed by atoms with E-state index in [1.54, 1.807) is 6.20 Å². The van der Waals surface area contributed by atoms with Crippen LogP contribution in [0, 0.1) is 13.8 Å². The van der Waals surface area contributed by atoms with Crippen LogP contribution in [0.15, 0.2) is 60.8 Å². The van der Waals surface area contributed by atoms with Crippen LogP contribution in [-0.2, 0) is 16.1 Å². The van der Waals surface area contributed by atoms with E-state index in [4.69, 9.17) is 17.0 Å². The summed E-state index contributed by atoms with van der Waals surface area (Å²) in [5, 5.41) is 7.03. The summed E-state index contributed by atoms with van der Waals surface area (Å²) in [6, 6.07) is 17.4. The van der Waals surface area contributed by atoms with E-state index in [1.165, 1.54) is 17.0 Å². The van der Waals surface area contributed by atoms with E-state index >= 15 is 0 Å². The smallest absolute Gasteiger partial charge is 0.244 e. The Balaban J connectivity index is 1.39. The second kappa shape index (κ2) is 12.1. The molecule has 4 heterocycles. The van der Waals surface area contributed by atoms with E-state index in [9.17, 15) is 4.79 Å². The van der Waals surface area contributed by atoms with Crippen LogP contribution in [0.2, 0.25) is 0 Å². The number of rotatable bonds is 9. The molecule has 2 aromatic heterocycles. The number of nitrogens with one attached hydrogen (secondary N) is 2. The first-order chi connectivity index (χ1) is 18.5. The van der Waals surface area contributed by atoms with Crippen LogP contribution in [0.3, 0.4) is 0 Å². The molecule has 5 rings (SSSR count). The van der Waals surface area contributed by atoms with Crippen LogP contribution in [-0.4, -0.2) is 69.8 Å². The first-order valence-electron chi connectivity index (χ1n) is 13.3. The minimum absolute atomic E-state index is 0.105. The van der Waals surface area contributed by atoms with Crippen molar-refractivity contribution in [1.82, 2.24) is 24.7 Å². The van der Waals surface area contributed by atoms with Gasteiger partial charge in [-0.25, -0.2) is 0 Å². The molecule has 1 aromatic carbocycles. The number of aryl methyl sites for hydroxylation is 1. The number of nitrogens with zero attached hydrogens (tertiary/aromatic N) is 4. The number of hydrogen-bond donors (Lipinski definition) is 2. The Kier molecular flexibility index (Phi) is 8.36. The van der Waals surface area contributed by atoms with Crippen LogP contribution < -0.4 is 10.6 Å². The quantitative estimate of drug-likeness (QED) is 0.406. The maximum atomic E-state index is 13.1. The fourth-order valence-corrected chi connectivity index (χ4v) is 5.84. The number of aromatic nitrogens is 2. The number of carbonyl (C=O) groups is 1. The first-order valence-corrected chi connectivity index (χ1v) is 13.7. The van der Waals surface area contributed by atoms with Gasteiger partial charge < -0.3 is 24.8 Å². The predicted octanol–water partition coefficient (Wildman–Crippen LogP) is 3.83. The lowest BCUT2D eigenvalue weighted by atomic mass is 9.96. The molecule has 3 aromatic rings. The standard InChI is InChI=1S/C29H36N6O2S/c1-21-19-24(22(2)34(21)14-8-13-33-15-17-37-18-16-33)28-27(25-11-6-7-12-30-25)32-29(38)35(28)20-26(36)31-23-9-4-3-5-10-23/h3-7,9-12,19,27-28H,8,13-18,20H2,1-2H3,(H,31,36)(H,32,38). The summed E-state index contributed by atoms with van der Waals surface area (Å²) in [6.07, 6.45) is 2.88. The van der Waals surface area contributed by atoms with Gasteiger partial charge in [-0.1, -0.05) is 24.3 Å². The molecule has 2 fully saturated rings. The molecule has 9 heteroatoms. The molecule has 0 saturated carbocycles. The molecule has 0 spiro atoms. The summed E-state index contributed by atoms with van der Waals surface area (Å²) in [5.41, 5.74) is 5.26. The zero-order valence-electron chi connectivity index (χ0n) is 22.1. The highest BCUT2D eigenvalue weighted by Gasteiger charge is 2.42. The largest absolute Gasteiger partial charge is 0.379 e. The SMILES string of the molecule is Cc1cc(C2C(c3ccccn3)NC(=S)N2CC(=O)Nc2ccccc2)c(C)n1CCCN1CCOCC1. The monoisotopic (exact) mass is 532 g/mol. The Hall–Kier alpha value is -3.27. The molecular formula is C29H36N6O2S. The molecule has 2 aliphatic heterocycles. The minimum atomic E-state index is -0.157. The molecule has 0 radical (unpaired) electrons. The fourth-order valence-electron chi connectivity index (χ4n) is 5.54. The van der Waals surface area contributed by atoms with Gasteiger partial charge in [0.1, 0.15) is 6.54 Å². The molecule has 0 bridgehead atoms. The van der Waals surface area contributed by atoms with E-state index in [1.807, 2.05) is 53.4 Å². The number of para-hydroxylation sites is 1. The van der Waals surface area contributed by atoms with E-state index in [-0.39, 0.29) is 24.5 Å². The van der Waals surface area contributed by atoms with Gasteiger partial charge in [-0.3, -0.25) is 14.7 Å². The van der Waals surface area contributed by atoms with E-state index in [0.717, 1.165) is 57.2 Å². The number of morpholine rings is 1. The Labute approximate surface area is 230 Å². The Morgan fingerprint density at radius 3 is 2.61 bits per heavy atom. The molecule has 8 nitrogen and oxygen atoms in total. The third-order valence-corrected chi connectivity index (χ3v) is 7.81. The summed E-state index contributed by atoms with van der Waals surface area (Å²) in [5.74, 6) is -0.105. The maximum absolute atomic E-state index is 13.1. The van der Waals surface area contributed by atoms with Crippen molar-refractivity contribution in [3.8, 4) is 0 Å². The molecular weight excluding hydrogens is 496 g/mol. The summed E-state index contributed by atoms with van der Waals surface area (Å²) >= 11 is 5.79. The van der Waals surface area contributed by atoms with Gasteiger partial charge in [0.15, 0.2) is 5.11 Å². The summed E-state index contributed by atoms with van der Waals surface area (Å²) in [4.78, 5) is 22.2. The van der Waals surface area contributed by atoms with Crippen LogP contribution in [0.1, 0.15) is 41.1 Å². The lowest BCUT2D eigenvalue weighted by Gasteiger charge is -2.28. The lowest BCUT2D eigenvalue weighted by molar-refractivity contribution is -0.116. The van der Waals surface area contributed by atoms with Crippen LogP contribution in [0.5, 0.6) is 0 Å². The van der Waals surface area contributed by atoms with Gasteiger partial charge in [0.2, 0.25) is 5.91 Å². The van der Waals surface area contributed by atoms with Crippen LogP contribution >= 0.6 is 12.2 Å². The first kappa shape index (κ1) is 26.3. The zero-order chi connectivity index (χ0) is 26.5. The van der Waals surface area contributed by atoms with Crippen molar-refractivity contribution in [3.63, 3.8) is 0 Å². The van der Waals surface area contributed by atoms with Gasteiger partial charge in [-0.05, 0) is 68.4 Å². The van der Waals surface area contributed by atoms with Crippen LogP contribution in [0.4, 0.5) is 5.69 Å². The van der Waals surface area contributed by atoms with Crippen LogP contribution in [0.25, 0.3) is 0 Å². The summed E-state index contributed by atoms with van der Waals surface area (Å²) in [7, 11) is 0. The Morgan fingerprint density at radius 1 is 1.11 bits per heavy atom. The van der Waals surface area contributed by atoms with Crippen molar-refractivity contribution < 1.29 is 9.53 Å². The third-order valence-electron chi connectivity index (χ3n) is 7.46.